The summed E-state index contributed by atoms with van der Waals surface area (Å²) in [6.45, 7) is 14.7. The lowest BCUT2D eigenvalue weighted by Gasteiger charge is -2.16. The number of nitrogens with one attached hydrogen (secondary N) is 2. The number of amides is 2. The smallest absolute Gasteiger partial charge is 0.356 e. The van der Waals surface area contributed by atoms with E-state index in [1.54, 1.807) is 38.1 Å². The van der Waals surface area contributed by atoms with Gasteiger partial charge in [-0.2, -0.15) is 10.2 Å². The molecule has 2 aromatic carbocycles. The highest BCUT2D eigenvalue weighted by Crippen LogP contribution is 2.36. The number of hydrogen-bond donors (Lipinski definition) is 3. The van der Waals surface area contributed by atoms with Gasteiger partial charge in [0.15, 0.2) is 22.7 Å². The van der Waals surface area contributed by atoms with E-state index in [4.69, 9.17) is 14.2 Å². The predicted molar refractivity (Wildman–Crippen MR) is 241 cm³/mol. The molecule has 66 heavy (non-hydrogen) atoms. The number of fused-ring (bicyclic) bond motifs is 4. The molecule has 3 N–H and O–H groups in total. The summed E-state index contributed by atoms with van der Waals surface area (Å²) in [5.74, 6) is -3.51. The number of aryl methyl sites for hydroxylation is 2. The van der Waals surface area contributed by atoms with Crippen LogP contribution in [0.1, 0.15) is 140 Å². The number of carbonyl (C=O) groups is 6. The van der Waals surface area contributed by atoms with Crippen molar-refractivity contribution < 1.29 is 48.1 Å². The van der Waals surface area contributed by atoms with Crippen molar-refractivity contribution in [2.45, 2.75) is 72.9 Å². The first-order valence-corrected chi connectivity index (χ1v) is 20.6. The van der Waals surface area contributed by atoms with Crippen molar-refractivity contribution in [1.29, 1.82) is 0 Å². The van der Waals surface area contributed by atoms with Crippen LogP contribution in [-0.4, -0.2) is 90.3 Å². The quantitative estimate of drug-likeness (QED) is 0.0692. The lowest BCUT2D eigenvalue weighted by atomic mass is 9.98. The number of carboxylic acid groups (broad SMARTS) is 1. The molecule has 2 aliphatic rings. The maximum Gasteiger partial charge on any atom is 0.356 e. The number of ether oxygens (including phenoxy) is 3. The molecule has 0 radical (unpaired) electrons. The number of carboxylic acids is 1. The molecule has 6 aromatic rings. The van der Waals surface area contributed by atoms with E-state index in [1.807, 2.05) is 26.0 Å². The van der Waals surface area contributed by atoms with Gasteiger partial charge in [0.1, 0.15) is 24.6 Å². The van der Waals surface area contributed by atoms with Crippen LogP contribution in [0.5, 0.6) is 0 Å². The fraction of sp³-hybridized carbons (Fsp3) is 0.292. The van der Waals surface area contributed by atoms with Crippen LogP contribution in [0.3, 0.4) is 0 Å². The Morgan fingerprint density at radius 1 is 0.682 bits per heavy atom. The maximum atomic E-state index is 13.2. The maximum absolute atomic E-state index is 13.2. The molecule has 0 aliphatic heterocycles. The summed E-state index contributed by atoms with van der Waals surface area (Å²) >= 11 is 0. The van der Waals surface area contributed by atoms with E-state index in [0.29, 0.717) is 47.4 Å². The number of esters is 3. The van der Waals surface area contributed by atoms with Gasteiger partial charge in [-0.05, 0) is 98.9 Å². The molecule has 0 fully saturated rings. The lowest BCUT2D eigenvalue weighted by Crippen LogP contribution is -2.29. The number of nitrogens with zero attached hydrogens (tertiary/aromatic N) is 6. The predicted octanol–water partition coefficient (Wildman–Crippen LogP) is 6.33. The molecule has 2 atom stereocenters. The second-order valence-corrected chi connectivity index (χ2v) is 15.5. The molecule has 4 heterocycles. The van der Waals surface area contributed by atoms with Gasteiger partial charge in [0.05, 0.1) is 41.7 Å². The molecule has 0 bridgehead atoms. The Labute approximate surface area is 379 Å². The SMILES string of the molecule is C.C=CCOC(=O)c1ccc2c(c1C)CC[C@@H]2NC(=O)c1cc(C(=O)O)nc2cc(C)nn12.C=CCOC(=O)c1ccc2c(c1C)CC[C@@H]2NC(=O)c1cc(C(=O)OC)nc2cc(C)nn12. The molecule has 2 aliphatic carbocycles. The minimum absolute atomic E-state index is 0. The normalized spacial score (nSPS) is 14.4. The minimum Gasteiger partial charge on any atom is -0.477 e. The van der Waals surface area contributed by atoms with Gasteiger partial charge in [-0.25, -0.2) is 38.2 Å². The van der Waals surface area contributed by atoms with Gasteiger partial charge in [0, 0.05) is 24.3 Å². The van der Waals surface area contributed by atoms with Crippen LogP contribution in [0, 0.1) is 27.7 Å². The first-order chi connectivity index (χ1) is 31.1. The Morgan fingerprint density at radius 2 is 1.11 bits per heavy atom. The van der Waals surface area contributed by atoms with Crippen LogP contribution in [0.2, 0.25) is 0 Å². The van der Waals surface area contributed by atoms with Crippen LogP contribution in [-0.2, 0) is 27.1 Å². The second-order valence-electron chi connectivity index (χ2n) is 15.5. The van der Waals surface area contributed by atoms with Gasteiger partial charge in [-0.3, -0.25) is 9.59 Å². The molecule has 4 aromatic heterocycles. The molecule has 0 unspecified atom stereocenters. The number of rotatable bonds is 12. The molecule has 18 heteroatoms. The van der Waals surface area contributed by atoms with Crippen LogP contribution >= 0.6 is 0 Å². The van der Waals surface area contributed by atoms with Crippen molar-refractivity contribution in [3.05, 3.63) is 153 Å². The summed E-state index contributed by atoms with van der Waals surface area (Å²) in [5.41, 5.74) is 8.62. The highest BCUT2D eigenvalue weighted by Gasteiger charge is 2.31. The average molecular weight is 899 g/mol. The molecule has 2 amide bonds. The van der Waals surface area contributed by atoms with Gasteiger partial charge in [0.25, 0.3) is 11.8 Å². The standard InChI is InChI=1S/C24H24N4O5.C23H22N4O5.CH4/c1-5-10-33-23(30)16-6-7-17-15(14(16)3)8-9-18(17)26-22(29)20-12-19(24(31)32-4)25-21-11-13(2)27-28(20)21;1-4-9-32-23(31)15-5-6-16-14(13(15)3)7-8-17(16)25-21(28)19-11-18(22(29)30)24-20-10-12(2)26-27(19)20;/h5-7,11-12,18H,1,8-10H2,2-4H3,(H,26,29);4-6,10-11,17H,1,7-9H2,2-3H3,(H,25,28)(H,29,30);1H4/t18-;17-;/m00./s1. The largest absolute Gasteiger partial charge is 0.477 e. The summed E-state index contributed by atoms with van der Waals surface area (Å²) in [5, 5.41) is 24.0. The van der Waals surface area contributed by atoms with Gasteiger partial charge < -0.3 is 30.0 Å². The summed E-state index contributed by atoms with van der Waals surface area (Å²) in [6, 6.07) is 12.5. The van der Waals surface area contributed by atoms with Gasteiger partial charge >= 0.3 is 23.9 Å². The number of carbonyl (C=O) groups excluding carboxylic acids is 5. The Bertz CT molecular complexity index is 2970. The van der Waals surface area contributed by atoms with Crippen molar-refractivity contribution in [3.8, 4) is 0 Å². The summed E-state index contributed by atoms with van der Waals surface area (Å²) in [6.07, 6.45) is 5.79. The molecule has 18 nitrogen and oxygen atoms in total. The highest BCUT2D eigenvalue weighted by molar-refractivity contribution is 5.98. The van der Waals surface area contributed by atoms with Crippen molar-refractivity contribution >= 4 is 47.0 Å². The molecule has 0 saturated carbocycles. The number of methoxy groups -OCH3 is 1. The number of aromatic nitrogens is 6. The van der Waals surface area contributed by atoms with Crippen LogP contribution in [0.15, 0.2) is 73.8 Å². The monoisotopic (exact) mass is 898 g/mol. The number of hydrogen-bond acceptors (Lipinski definition) is 13. The van der Waals surface area contributed by atoms with E-state index in [2.05, 4.69) is 44.0 Å². The fourth-order valence-electron chi connectivity index (χ4n) is 8.21. The van der Waals surface area contributed by atoms with Crippen LogP contribution in [0.25, 0.3) is 11.3 Å². The molecule has 0 spiro atoms. The van der Waals surface area contributed by atoms with E-state index >= 15 is 0 Å². The number of benzene rings is 2. The molecule has 8 rings (SSSR count). The Balaban J connectivity index is 0.000000215. The van der Waals surface area contributed by atoms with Gasteiger partial charge in [0.2, 0.25) is 0 Å². The van der Waals surface area contributed by atoms with Gasteiger partial charge in [-0.1, -0.05) is 44.9 Å². The van der Waals surface area contributed by atoms with Crippen molar-refractivity contribution in [3.63, 3.8) is 0 Å². The summed E-state index contributed by atoms with van der Waals surface area (Å²) < 4.78 is 17.8. The molecule has 342 valence electrons. The highest BCUT2D eigenvalue weighted by atomic mass is 16.5. The van der Waals surface area contributed by atoms with E-state index < -0.39 is 29.8 Å². The Hall–Kier alpha value is -8.02. The van der Waals surface area contributed by atoms with Crippen LogP contribution in [0.4, 0.5) is 0 Å². The lowest BCUT2D eigenvalue weighted by molar-refractivity contribution is 0.0539. The first-order valence-electron chi connectivity index (χ1n) is 20.6. The molecule has 0 saturated heterocycles. The third-order valence-electron chi connectivity index (χ3n) is 11.3. The van der Waals surface area contributed by atoms with Gasteiger partial charge in [-0.15, -0.1) is 0 Å². The Kier molecular flexibility index (Phi) is 14.2. The van der Waals surface area contributed by atoms with Crippen molar-refractivity contribution in [2.75, 3.05) is 20.3 Å². The summed E-state index contributed by atoms with van der Waals surface area (Å²) in [7, 11) is 1.26. The molecular formula is C48H50N8O10. The fourth-order valence-corrected chi connectivity index (χ4v) is 8.21. The zero-order chi connectivity index (χ0) is 46.7. The van der Waals surface area contributed by atoms with E-state index in [1.165, 1.54) is 40.4 Å². The number of aromatic carboxylic acids is 1. The third kappa shape index (κ3) is 9.43. The topological polar surface area (TPSA) is 235 Å². The first kappa shape index (κ1) is 47.5. The minimum atomic E-state index is -1.22. The zero-order valence-corrected chi connectivity index (χ0v) is 36.4. The van der Waals surface area contributed by atoms with E-state index in [-0.39, 0.29) is 67.1 Å². The van der Waals surface area contributed by atoms with Crippen LogP contribution < -0.4 is 10.6 Å². The zero-order valence-electron chi connectivity index (χ0n) is 36.4. The Morgan fingerprint density at radius 3 is 1.52 bits per heavy atom. The average Bonchev–Trinajstić information content (AvgIpc) is 4.08. The third-order valence-corrected chi connectivity index (χ3v) is 11.3. The summed E-state index contributed by atoms with van der Waals surface area (Å²) in [4.78, 5) is 82.7. The van der Waals surface area contributed by atoms with E-state index in [0.717, 1.165) is 39.8 Å². The van der Waals surface area contributed by atoms with Crippen molar-refractivity contribution in [1.82, 2.24) is 39.8 Å². The molecular weight excluding hydrogens is 849 g/mol. The van der Waals surface area contributed by atoms with Crippen molar-refractivity contribution in [2.24, 2.45) is 0 Å². The second kappa shape index (κ2) is 19.8. The van der Waals surface area contributed by atoms with E-state index in [9.17, 15) is 33.9 Å².